The summed E-state index contributed by atoms with van der Waals surface area (Å²) < 4.78 is 5.12. The first kappa shape index (κ1) is 10.9. The Bertz CT molecular complexity index is 229. The number of hydrogen-bond donors (Lipinski definition) is 1. The molecule has 4 nitrogen and oxygen atoms in total. The molecular weight excluding hydrogens is 192 g/mol. The van der Waals surface area contributed by atoms with Crippen molar-refractivity contribution in [3.63, 3.8) is 0 Å². The van der Waals surface area contributed by atoms with Crippen LogP contribution in [-0.2, 0) is 9.53 Å². The minimum atomic E-state index is 0.143. The second kappa shape index (κ2) is 4.94. The Morgan fingerprint density at radius 1 is 1.60 bits per heavy atom. The van der Waals surface area contributed by atoms with Crippen LogP contribution in [-0.4, -0.2) is 49.7 Å². The van der Waals surface area contributed by atoms with Crippen molar-refractivity contribution in [2.24, 2.45) is 5.92 Å². The zero-order valence-electron chi connectivity index (χ0n) is 9.37. The number of ether oxygens (including phenoxy) is 1. The third kappa shape index (κ3) is 2.92. The lowest BCUT2D eigenvalue weighted by Gasteiger charge is -2.31. The number of carbonyl (C=O) groups is 1. The van der Waals surface area contributed by atoms with Gasteiger partial charge in [-0.1, -0.05) is 6.92 Å². The Balaban J connectivity index is 1.83. The van der Waals surface area contributed by atoms with Crippen LogP contribution in [0.25, 0.3) is 0 Å². The summed E-state index contributed by atoms with van der Waals surface area (Å²) in [6.45, 7) is 5.68. The van der Waals surface area contributed by atoms with Crippen LogP contribution < -0.4 is 5.32 Å². The van der Waals surface area contributed by atoms with Crippen molar-refractivity contribution in [2.75, 3.05) is 32.8 Å². The SMILES string of the molecule is CCNC(CN1CCOCC1=O)C1CC1. The fourth-order valence-corrected chi connectivity index (χ4v) is 2.12. The molecule has 0 aromatic heterocycles. The van der Waals surface area contributed by atoms with Gasteiger partial charge in [0.1, 0.15) is 6.61 Å². The number of carbonyl (C=O) groups excluding carboxylic acids is 1. The zero-order chi connectivity index (χ0) is 10.7. The maximum atomic E-state index is 11.6. The number of nitrogens with one attached hydrogen (secondary N) is 1. The minimum Gasteiger partial charge on any atom is -0.370 e. The summed E-state index contributed by atoms with van der Waals surface area (Å²) in [6, 6.07) is 0.497. The maximum Gasteiger partial charge on any atom is 0.248 e. The Kier molecular flexibility index (Phi) is 3.59. The second-order valence-electron chi connectivity index (χ2n) is 4.39. The van der Waals surface area contributed by atoms with Gasteiger partial charge < -0.3 is 15.0 Å². The summed E-state index contributed by atoms with van der Waals surface area (Å²) in [5.41, 5.74) is 0. The van der Waals surface area contributed by atoms with Crippen molar-refractivity contribution in [1.82, 2.24) is 10.2 Å². The predicted molar refractivity (Wildman–Crippen MR) is 57.6 cm³/mol. The Hall–Kier alpha value is -0.610. The molecule has 15 heavy (non-hydrogen) atoms. The van der Waals surface area contributed by atoms with E-state index in [9.17, 15) is 4.79 Å². The van der Waals surface area contributed by atoms with Crippen LogP contribution in [0.4, 0.5) is 0 Å². The third-order valence-electron chi connectivity index (χ3n) is 3.16. The maximum absolute atomic E-state index is 11.6. The molecule has 1 aliphatic heterocycles. The van der Waals surface area contributed by atoms with Crippen molar-refractivity contribution >= 4 is 5.91 Å². The van der Waals surface area contributed by atoms with E-state index in [1.165, 1.54) is 12.8 Å². The van der Waals surface area contributed by atoms with Gasteiger partial charge in [-0.25, -0.2) is 0 Å². The molecule has 1 amide bonds. The summed E-state index contributed by atoms with van der Waals surface area (Å²) in [5, 5.41) is 3.48. The fourth-order valence-electron chi connectivity index (χ4n) is 2.12. The van der Waals surface area contributed by atoms with Gasteiger partial charge in [0.15, 0.2) is 0 Å². The summed E-state index contributed by atoms with van der Waals surface area (Å²) in [7, 11) is 0. The summed E-state index contributed by atoms with van der Waals surface area (Å²) in [6.07, 6.45) is 2.63. The first-order chi connectivity index (χ1) is 7.31. The number of rotatable bonds is 5. The van der Waals surface area contributed by atoms with E-state index >= 15 is 0 Å². The lowest BCUT2D eigenvalue weighted by Crippen LogP contribution is -2.49. The fraction of sp³-hybridized carbons (Fsp3) is 0.909. The number of amides is 1. The van der Waals surface area contributed by atoms with Gasteiger partial charge in [0, 0.05) is 19.1 Å². The van der Waals surface area contributed by atoms with Crippen molar-refractivity contribution in [3.8, 4) is 0 Å². The molecule has 0 spiro atoms. The Labute approximate surface area is 91.0 Å². The quantitative estimate of drug-likeness (QED) is 0.709. The molecule has 1 N–H and O–H groups in total. The molecule has 2 aliphatic rings. The highest BCUT2D eigenvalue weighted by Crippen LogP contribution is 2.33. The first-order valence-corrected chi connectivity index (χ1v) is 5.90. The van der Waals surface area contributed by atoms with Gasteiger partial charge in [-0.05, 0) is 25.3 Å². The average molecular weight is 212 g/mol. The number of nitrogens with zero attached hydrogens (tertiary/aromatic N) is 1. The minimum absolute atomic E-state index is 0.143. The normalized spacial score (nSPS) is 24.3. The monoisotopic (exact) mass is 212 g/mol. The molecule has 1 heterocycles. The third-order valence-corrected chi connectivity index (χ3v) is 3.16. The van der Waals surface area contributed by atoms with Crippen LogP contribution in [0.5, 0.6) is 0 Å². The first-order valence-electron chi connectivity index (χ1n) is 5.90. The summed E-state index contributed by atoms with van der Waals surface area (Å²) >= 11 is 0. The molecule has 1 unspecified atom stereocenters. The van der Waals surface area contributed by atoms with Crippen molar-refractivity contribution in [1.29, 1.82) is 0 Å². The molecule has 1 saturated heterocycles. The average Bonchev–Trinajstić information content (AvgIpc) is 3.04. The van der Waals surface area contributed by atoms with Crippen LogP contribution >= 0.6 is 0 Å². The molecule has 2 rings (SSSR count). The number of morpholine rings is 1. The van der Waals surface area contributed by atoms with E-state index in [-0.39, 0.29) is 12.5 Å². The van der Waals surface area contributed by atoms with E-state index in [4.69, 9.17) is 4.74 Å². The highest BCUT2D eigenvalue weighted by molar-refractivity contribution is 5.78. The van der Waals surface area contributed by atoms with Crippen LogP contribution in [0, 0.1) is 5.92 Å². The van der Waals surface area contributed by atoms with Gasteiger partial charge in [-0.2, -0.15) is 0 Å². The molecular formula is C11H20N2O2. The summed E-state index contributed by atoms with van der Waals surface area (Å²) in [5.74, 6) is 0.936. The van der Waals surface area contributed by atoms with E-state index in [0.717, 1.165) is 25.6 Å². The van der Waals surface area contributed by atoms with Crippen molar-refractivity contribution in [3.05, 3.63) is 0 Å². The van der Waals surface area contributed by atoms with Crippen LogP contribution in [0.2, 0.25) is 0 Å². The molecule has 0 bridgehead atoms. The largest absolute Gasteiger partial charge is 0.370 e. The lowest BCUT2D eigenvalue weighted by molar-refractivity contribution is -0.143. The van der Waals surface area contributed by atoms with E-state index in [1.807, 2.05) is 4.90 Å². The Morgan fingerprint density at radius 2 is 2.40 bits per heavy atom. The molecule has 0 aromatic carbocycles. The zero-order valence-corrected chi connectivity index (χ0v) is 9.37. The van der Waals surface area contributed by atoms with E-state index in [0.29, 0.717) is 12.6 Å². The van der Waals surface area contributed by atoms with Gasteiger partial charge in [-0.15, -0.1) is 0 Å². The smallest absolute Gasteiger partial charge is 0.248 e. The second-order valence-corrected chi connectivity index (χ2v) is 4.39. The molecule has 2 fully saturated rings. The lowest BCUT2D eigenvalue weighted by atomic mass is 10.1. The highest BCUT2D eigenvalue weighted by Gasteiger charge is 2.33. The van der Waals surface area contributed by atoms with Crippen molar-refractivity contribution in [2.45, 2.75) is 25.8 Å². The molecule has 1 saturated carbocycles. The molecule has 0 aromatic rings. The molecule has 1 atom stereocenters. The topological polar surface area (TPSA) is 41.6 Å². The molecule has 1 aliphatic carbocycles. The molecule has 0 radical (unpaired) electrons. The predicted octanol–water partition coefficient (Wildman–Crippen LogP) is 0.233. The van der Waals surface area contributed by atoms with Gasteiger partial charge in [0.05, 0.1) is 6.61 Å². The van der Waals surface area contributed by atoms with Gasteiger partial charge in [0.25, 0.3) is 0 Å². The number of likely N-dealkylation sites (N-methyl/N-ethyl adjacent to an activating group) is 1. The van der Waals surface area contributed by atoms with Gasteiger partial charge in [0.2, 0.25) is 5.91 Å². The van der Waals surface area contributed by atoms with Gasteiger partial charge >= 0.3 is 0 Å². The van der Waals surface area contributed by atoms with E-state index in [1.54, 1.807) is 0 Å². The van der Waals surface area contributed by atoms with Gasteiger partial charge in [-0.3, -0.25) is 4.79 Å². The highest BCUT2D eigenvalue weighted by atomic mass is 16.5. The van der Waals surface area contributed by atoms with E-state index < -0.39 is 0 Å². The van der Waals surface area contributed by atoms with Crippen LogP contribution in [0.1, 0.15) is 19.8 Å². The molecule has 4 heteroatoms. The summed E-state index contributed by atoms with van der Waals surface area (Å²) in [4.78, 5) is 13.5. The van der Waals surface area contributed by atoms with E-state index in [2.05, 4.69) is 12.2 Å². The molecule has 86 valence electrons. The van der Waals surface area contributed by atoms with Crippen LogP contribution in [0.15, 0.2) is 0 Å². The van der Waals surface area contributed by atoms with Crippen molar-refractivity contribution < 1.29 is 9.53 Å². The van der Waals surface area contributed by atoms with Crippen LogP contribution in [0.3, 0.4) is 0 Å². The standard InChI is InChI=1S/C11H20N2O2/c1-2-12-10(9-3-4-9)7-13-5-6-15-8-11(13)14/h9-10,12H,2-8H2,1H3. The number of hydrogen-bond acceptors (Lipinski definition) is 3. The Morgan fingerprint density at radius 3 is 3.00 bits per heavy atom.